The molecule has 0 aromatic heterocycles. The van der Waals surface area contributed by atoms with Crippen LogP contribution < -0.4 is 0 Å². The molecule has 0 saturated heterocycles. The monoisotopic (exact) mass is 331 g/mol. The van der Waals surface area contributed by atoms with Gasteiger partial charge in [0.25, 0.3) is 0 Å². The SMILES string of the molecule is CN(C)[As](ON(C(F)(F)F)C(F)(F)F)N(C)C. The van der Waals surface area contributed by atoms with Crippen molar-refractivity contribution < 1.29 is 30.2 Å². The van der Waals surface area contributed by atoms with Gasteiger partial charge in [0, 0.05) is 0 Å². The molecule has 0 bridgehead atoms. The van der Waals surface area contributed by atoms with Crippen LogP contribution >= 0.6 is 0 Å². The summed E-state index contributed by atoms with van der Waals surface area (Å²) in [5, 5.41) is -1.86. The molecule has 17 heavy (non-hydrogen) atoms. The molecular formula is C6H12AsF6N3O. The molecule has 0 rings (SSSR count). The molecule has 0 aromatic carbocycles. The molecule has 0 N–H and O–H groups in total. The molecule has 104 valence electrons. The van der Waals surface area contributed by atoms with Crippen LogP contribution in [0, 0.1) is 0 Å². The van der Waals surface area contributed by atoms with Gasteiger partial charge in [-0.2, -0.15) is 0 Å². The Labute approximate surface area is 99.7 Å². The van der Waals surface area contributed by atoms with Crippen LogP contribution in [0.25, 0.3) is 0 Å². The average molecular weight is 331 g/mol. The zero-order valence-corrected chi connectivity index (χ0v) is 11.3. The first-order valence-electron chi connectivity index (χ1n) is 4.14. The van der Waals surface area contributed by atoms with E-state index in [1.54, 1.807) is 0 Å². The van der Waals surface area contributed by atoms with Crippen LogP contribution in [-0.2, 0) is 3.83 Å². The molecule has 0 heterocycles. The second-order valence-electron chi connectivity index (χ2n) is 3.26. The van der Waals surface area contributed by atoms with E-state index in [1.807, 2.05) is 0 Å². The van der Waals surface area contributed by atoms with Crippen molar-refractivity contribution in [1.82, 2.24) is 12.7 Å². The number of alkyl halides is 6. The number of rotatable bonds is 4. The van der Waals surface area contributed by atoms with E-state index in [4.69, 9.17) is 0 Å². The predicted molar refractivity (Wildman–Crippen MR) is 48.2 cm³/mol. The molecule has 0 atom stereocenters. The van der Waals surface area contributed by atoms with Gasteiger partial charge >= 0.3 is 99.1 Å². The van der Waals surface area contributed by atoms with E-state index in [1.165, 1.54) is 35.8 Å². The Balaban J connectivity index is 4.99. The van der Waals surface area contributed by atoms with Crippen LogP contribution in [-0.4, -0.2) is 68.9 Å². The fourth-order valence-electron chi connectivity index (χ4n) is 0.813. The van der Waals surface area contributed by atoms with E-state index in [9.17, 15) is 26.3 Å². The summed E-state index contributed by atoms with van der Waals surface area (Å²) in [4.78, 5) is 0. The second-order valence-corrected chi connectivity index (χ2v) is 8.02. The van der Waals surface area contributed by atoms with Crippen molar-refractivity contribution in [2.75, 3.05) is 28.2 Å². The summed E-state index contributed by atoms with van der Waals surface area (Å²) >= 11 is -3.06. The fourth-order valence-corrected chi connectivity index (χ4v) is 3.62. The Morgan fingerprint density at radius 3 is 1.24 bits per heavy atom. The summed E-state index contributed by atoms with van der Waals surface area (Å²) in [6, 6.07) is 0. The van der Waals surface area contributed by atoms with Crippen molar-refractivity contribution in [3.8, 4) is 0 Å². The van der Waals surface area contributed by atoms with E-state index >= 15 is 0 Å². The first kappa shape index (κ1) is 17.0. The van der Waals surface area contributed by atoms with Crippen LogP contribution in [0.4, 0.5) is 26.3 Å². The van der Waals surface area contributed by atoms with E-state index < -0.39 is 33.1 Å². The minimum atomic E-state index is -5.63. The van der Waals surface area contributed by atoms with Crippen LogP contribution in [0.2, 0.25) is 0 Å². The van der Waals surface area contributed by atoms with E-state index in [0.29, 0.717) is 0 Å². The van der Waals surface area contributed by atoms with Crippen molar-refractivity contribution in [1.29, 1.82) is 0 Å². The molecule has 0 aliphatic heterocycles. The zero-order valence-electron chi connectivity index (χ0n) is 9.46. The molecular weight excluding hydrogens is 319 g/mol. The molecule has 0 aliphatic rings. The van der Waals surface area contributed by atoms with E-state index in [-0.39, 0.29) is 0 Å². The first-order chi connectivity index (χ1) is 7.37. The molecule has 4 nitrogen and oxygen atoms in total. The summed E-state index contributed by atoms with van der Waals surface area (Å²) in [7, 11) is 5.41. The molecule has 0 unspecified atom stereocenters. The van der Waals surface area contributed by atoms with Gasteiger partial charge in [-0.05, 0) is 0 Å². The Bertz CT molecular complexity index is 221. The van der Waals surface area contributed by atoms with E-state index in [0.717, 1.165) is 0 Å². The minimum absolute atomic E-state index is 1.21. The van der Waals surface area contributed by atoms with Crippen LogP contribution in [0.3, 0.4) is 0 Å². The first-order valence-corrected chi connectivity index (χ1v) is 6.58. The molecule has 0 spiro atoms. The number of nitrogens with zero attached hydrogens (tertiary/aromatic N) is 3. The quantitative estimate of drug-likeness (QED) is 0.335. The summed E-state index contributed by atoms with van der Waals surface area (Å²) in [6.45, 7) is 0. The van der Waals surface area contributed by atoms with Crippen molar-refractivity contribution in [3.05, 3.63) is 0 Å². The Kier molecular flexibility index (Phi) is 5.74. The fraction of sp³-hybridized carbons (Fsp3) is 1.00. The normalized spacial score (nSPS) is 14.5. The van der Waals surface area contributed by atoms with Crippen LogP contribution in [0.1, 0.15) is 0 Å². The molecule has 0 radical (unpaired) electrons. The number of halogens is 6. The third-order valence-corrected chi connectivity index (χ3v) is 4.82. The third kappa shape index (κ3) is 5.43. The Morgan fingerprint density at radius 2 is 1.06 bits per heavy atom. The van der Waals surface area contributed by atoms with E-state index in [2.05, 4.69) is 3.83 Å². The third-order valence-electron chi connectivity index (χ3n) is 1.30. The Morgan fingerprint density at radius 1 is 0.765 bits per heavy atom. The zero-order chi connectivity index (χ0) is 14.0. The second kappa shape index (κ2) is 5.75. The summed E-state index contributed by atoms with van der Waals surface area (Å²) < 4.78 is 79.5. The predicted octanol–water partition coefficient (Wildman–Crippen LogP) is 1.37. The Hall–Kier alpha value is -0.0216. The van der Waals surface area contributed by atoms with Crippen molar-refractivity contribution in [2.24, 2.45) is 0 Å². The maximum atomic E-state index is 12.2. The number of hydroxylamine groups is 2. The van der Waals surface area contributed by atoms with Gasteiger partial charge in [0.1, 0.15) is 0 Å². The van der Waals surface area contributed by atoms with Gasteiger partial charge in [0.15, 0.2) is 0 Å². The van der Waals surface area contributed by atoms with Gasteiger partial charge in [-0.25, -0.2) is 0 Å². The molecule has 0 fully saturated rings. The summed E-state index contributed by atoms with van der Waals surface area (Å²) in [5.41, 5.74) is 0. The molecule has 0 saturated carbocycles. The molecule has 0 aliphatic carbocycles. The molecule has 0 aromatic rings. The molecule has 11 heteroatoms. The summed E-state index contributed by atoms with van der Waals surface area (Å²) in [6.07, 6.45) is -11.3. The van der Waals surface area contributed by atoms with Gasteiger partial charge in [0.05, 0.1) is 0 Å². The van der Waals surface area contributed by atoms with Crippen molar-refractivity contribution in [3.63, 3.8) is 0 Å². The number of hydrogen-bond donors (Lipinski definition) is 0. The van der Waals surface area contributed by atoms with Gasteiger partial charge < -0.3 is 0 Å². The van der Waals surface area contributed by atoms with Crippen LogP contribution in [0.15, 0.2) is 0 Å². The van der Waals surface area contributed by atoms with Gasteiger partial charge in [-0.1, -0.05) is 0 Å². The van der Waals surface area contributed by atoms with Crippen molar-refractivity contribution >= 4 is 15.4 Å². The molecule has 0 amide bonds. The van der Waals surface area contributed by atoms with Gasteiger partial charge in [-0.3, -0.25) is 0 Å². The van der Waals surface area contributed by atoms with Crippen LogP contribution in [0.5, 0.6) is 0 Å². The summed E-state index contributed by atoms with van der Waals surface area (Å²) in [5.74, 6) is 0. The maximum absolute atomic E-state index is 12.2. The average Bonchev–Trinajstić information content (AvgIpc) is 1.96. The van der Waals surface area contributed by atoms with Gasteiger partial charge in [0.2, 0.25) is 0 Å². The topological polar surface area (TPSA) is 19.0 Å². The standard InChI is InChI=1S/C6H12AsF6N3O/c1-14(2)7(15(3)4)17-16(5(8,9)10)6(11,12)13/h1-4H3. The van der Waals surface area contributed by atoms with Gasteiger partial charge in [-0.15, -0.1) is 0 Å². The number of hydrogen-bond acceptors (Lipinski definition) is 4. The van der Waals surface area contributed by atoms with Crippen molar-refractivity contribution in [2.45, 2.75) is 12.6 Å².